The summed E-state index contributed by atoms with van der Waals surface area (Å²) in [5.74, 6) is 1.59. The second-order valence-corrected chi connectivity index (χ2v) is 10.4. The molecule has 0 saturated carbocycles. The number of hydrogen-bond donors (Lipinski definition) is 2. The van der Waals surface area contributed by atoms with Crippen LogP contribution < -0.4 is 15.0 Å². The fourth-order valence-electron chi connectivity index (χ4n) is 5.98. The summed E-state index contributed by atoms with van der Waals surface area (Å²) in [4.78, 5) is 12.2. The molecule has 0 amide bonds. The zero-order chi connectivity index (χ0) is 24.1. The van der Waals surface area contributed by atoms with E-state index in [1.807, 2.05) is 24.3 Å². The summed E-state index contributed by atoms with van der Waals surface area (Å²) in [6.07, 6.45) is 3.43. The van der Waals surface area contributed by atoms with Gasteiger partial charge in [-0.25, -0.2) is 0 Å². The van der Waals surface area contributed by atoms with Crippen molar-refractivity contribution in [1.29, 1.82) is 0 Å². The molecule has 0 radical (unpaired) electrons. The predicted octanol–water partition coefficient (Wildman–Crippen LogP) is 4.51. The summed E-state index contributed by atoms with van der Waals surface area (Å²) in [7, 11) is 0. The van der Waals surface area contributed by atoms with Crippen LogP contribution in [0.15, 0.2) is 54.6 Å². The quantitative estimate of drug-likeness (QED) is 0.433. The van der Waals surface area contributed by atoms with Crippen LogP contribution in [0.3, 0.4) is 0 Å². The van der Waals surface area contributed by atoms with Gasteiger partial charge in [-0.15, -0.1) is 0 Å². The first-order chi connectivity index (χ1) is 17.7. The molecule has 4 aromatic rings. The molecule has 0 spiro atoms. The Hall–Kier alpha value is -3.42. The number of hydrogen-bond acceptors (Lipinski definition) is 7. The number of aromatic hydroxyl groups is 1. The lowest BCUT2D eigenvalue weighted by Gasteiger charge is -2.34. The van der Waals surface area contributed by atoms with Crippen LogP contribution in [0.5, 0.6) is 11.8 Å². The van der Waals surface area contributed by atoms with E-state index in [4.69, 9.17) is 19.4 Å². The Morgan fingerprint density at radius 2 is 1.83 bits per heavy atom. The molecule has 3 aliphatic rings. The van der Waals surface area contributed by atoms with Crippen molar-refractivity contribution in [3.63, 3.8) is 0 Å². The van der Waals surface area contributed by atoms with Crippen molar-refractivity contribution >= 4 is 27.5 Å². The fourth-order valence-corrected chi connectivity index (χ4v) is 5.98. The first kappa shape index (κ1) is 21.8. The largest absolute Gasteiger partial charge is 0.508 e. The van der Waals surface area contributed by atoms with Gasteiger partial charge in [-0.05, 0) is 65.4 Å². The predicted molar refractivity (Wildman–Crippen MR) is 141 cm³/mol. The monoisotopic (exact) mass is 482 g/mol. The van der Waals surface area contributed by atoms with Crippen molar-refractivity contribution in [2.75, 3.05) is 37.8 Å². The molecule has 3 saturated heterocycles. The van der Waals surface area contributed by atoms with Crippen LogP contribution in [-0.4, -0.2) is 60.1 Å². The van der Waals surface area contributed by atoms with Gasteiger partial charge in [0.2, 0.25) is 0 Å². The van der Waals surface area contributed by atoms with Crippen molar-refractivity contribution < 1.29 is 14.6 Å². The number of fused-ring (bicyclic) bond motifs is 4. The Bertz CT molecular complexity index is 1420. The van der Waals surface area contributed by atoms with Gasteiger partial charge in [0.05, 0.1) is 18.7 Å². The molecular formula is C29H30N4O3. The smallest absolute Gasteiger partial charge is 0.318 e. The van der Waals surface area contributed by atoms with Crippen LogP contribution in [0.4, 0.5) is 5.82 Å². The average molecular weight is 483 g/mol. The van der Waals surface area contributed by atoms with E-state index in [1.165, 1.54) is 12.8 Å². The van der Waals surface area contributed by atoms with Crippen molar-refractivity contribution in [3.05, 3.63) is 54.6 Å². The van der Waals surface area contributed by atoms with Gasteiger partial charge in [0.25, 0.3) is 0 Å². The molecule has 36 heavy (non-hydrogen) atoms. The van der Waals surface area contributed by atoms with Crippen LogP contribution in [0.2, 0.25) is 0 Å². The molecule has 4 heterocycles. The number of aromatic nitrogens is 2. The highest BCUT2D eigenvalue weighted by molar-refractivity contribution is 6.00. The fraction of sp³-hybridized carbons (Fsp3) is 0.379. The molecular weight excluding hydrogens is 452 g/mol. The zero-order valence-electron chi connectivity index (χ0n) is 20.2. The van der Waals surface area contributed by atoms with Crippen LogP contribution in [0, 0.1) is 5.92 Å². The SMILES string of the molecule is Oc1cc(-c2ccc3c(N4C[C@H]5CC[C@@H](C4)N5)nc(OCC4CCOC4)nc3c2)c2ccccc2c1. The van der Waals surface area contributed by atoms with Crippen molar-refractivity contribution in [2.24, 2.45) is 5.92 Å². The van der Waals surface area contributed by atoms with Gasteiger partial charge >= 0.3 is 6.01 Å². The van der Waals surface area contributed by atoms with Gasteiger partial charge in [-0.2, -0.15) is 9.97 Å². The molecule has 1 unspecified atom stereocenters. The lowest BCUT2D eigenvalue weighted by molar-refractivity contribution is 0.164. The van der Waals surface area contributed by atoms with E-state index in [-0.39, 0.29) is 5.75 Å². The van der Waals surface area contributed by atoms with Gasteiger partial charge in [0.15, 0.2) is 0 Å². The molecule has 3 aromatic carbocycles. The average Bonchev–Trinajstić information content (AvgIpc) is 3.55. The zero-order valence-corrected chi connectivity index (χ0v) is 20.2. The molecule has 7 nitrogen and oxygen atoms in total. The molecule has 3 aliphatic heterocycles. The summed E-state index contributed by atoms with van der Waals surface area (Å²) < 4.78 is 11.7. The van der Waals surface area contributed by atoms with E-state index < -0.39 is 0 Å². The summed E-state index contributed by atoms with van der Waals surface area (Å²) in [5.41, 5.74) is 2.85. The maximum absolute atomic E-state index is 10.4. The minimum absolute atomic E-state index is 0.256. The molecule has 184 valence electrons. The molecule has 7 rings (SSSR count). The lowest BCUT2D eigenvalue weighted by Crippen LogP contribution is -2.51. The van der Waals surface area contributed by atoms with E-state index in [0.717, 1.165) is 71.3 Å². The minimum Gasteiger partial charge on any atom is -0.508 e. The standard InChI is InChI=1S/C29H30N4O3/c34-23-11-19-3-1-2-4-24(19)26(13-23)20-5-8-25-27(12-20)31-29(36-17-18-9-10-35-16-18)32-28(25)33-14-21-6-7-22(15-33)30-21/h1-5,8,11-13,18,21-22,30,34H,6-7,9-10,14-17H2/t18?,21-,22+. The summed E-state index contributed by atoms with van der Waals surface area (Å²) in [6, 6.07) is 19.5. The van der Waals surface area contributed by atoms with E-state index >= 15 is 0 Å². The summed E-state index contributed by atoms with van der Waals surface area (Å²) >= 11 is 0. The summed E-state index contributed by atoms with van der Waals surface area (Å²) in [5, 5.41) is 17.3. The maximum atomic E-state index is 10.4. The van der Waals surface area contributed by atoms with Crippen LogP contribution in [0.1, 0.15) is 19.3 Å². The molecule has 3 fully saturated rings. The third-order valence-corrected chi connectivity index (χ3v) is 7.80. The Balaban J connectivity index is 1.32. The lowest BCUT2D eigenvalue weighted by atomic mass is 9.97. The number of anilines is 1. The number of ether oxygens (including phenoxy) is 2. The molecule has 2 N–H and O–H groups in total. The second-order valence-electron chi connectivity index (χ2n) is 10.4. The maximum Gasteiger partial charge on any atom is 0.318 e. The van der Waals surface area contributed by atoms with Crippen molar-refractivity contribution in [2.45, 2.75) is 31.3 Å². The Morgan fingerprint density at radius 1 is 0.972 bits per heavy atom. The molecule has 7 heteroatoms. The Labute approximate surface area is 210 Å². The molecule has 2 bridgehead atoms. The number of nitrogens with zero attached hydrogens (tertiary/aromatic N) is 3. The number of nitrogens with one attached hydrogen (secondary N) is 1. The summed E-state index contributed by atoms with van der Waals surface area (Å²) in [6.45, 7) is 3.97. The topological polar surface area (TPSA) is 79.7 Å². The van der Waals surface area contributed by atoms with Gasteiger partial charge < -0.3 is 24.8 Å². The van der Waals surface area contributed by atoms with Gasteiger partial charge in [-0.1, -0.05) is 30.3 Å². The minimum atomic E-state index is 0.256. The van der Waals surface area contributed by atoms with Crippen molar-refractivity contribution in [1.82, 2.24) is 15.3 Å². The van der Waals surface area contributed by atoms with Crippen LogP contribution in [-0.2, 0) is 4.74 Å². The Kier molecular flexibility index (Phi) is 5.40. The third-order valence-electron chi connectivity index (χ3n) is 7.80. The van der Waals surface area contributed by atoms with Gasteiger partial charge in [0, 0.05) is 43.1 Å². The van der Waals surface area contributed by atoms with E-state index in [9.17, 15) is 5.11 Å². The first-order valence-corrected chi connectivity index (χ1v) is 12.9. The highest BCUT2D eigenvalue weighted by Crippen LogP contribution is 2.36. The second kappa shape index (κ2) is 8.91. The Morgan fingerprint density at radius 3 is 2.67 bits per heavy atom. The number of benzene rings is 3. The van der Waals surface area contributed by atoms with Gasteiger partial charge in [0.1, 0.15) is 11.6 Å². The number of phenols is 1. The van der Waals surface area contributed by atoms with Crippen molar-refractivity contribution in [3.8, 4) is 22.9 Å². The van der Waals surface area contributed by atoms with Gasteiger partial charge in [-0.3, -0.25) is 0 Å². The number of rotatable bonds is 5. The van der Waals surface area contributed by atoms with E-state index in [0.29, 0.717) is 30.6 Å². The molecule has 0 aliphatic carbocycles. The first-order valence-electron chi connectivity index (χ1n) is 12.9. The highest BCUT2D eigenvalue weighted by atomic mass is 16.5. The van der Waals surface area contributed by atoms with E-state index in [1.54, 1.807) is 6.07 Å². The number of phenolic OH excluding ortho intramolecular Hbond substituents is 1. The third kappa shape index (κ3) is 4.02. The van der Waals surface area contributed by atoms with Crippen LogP contribution in [0.25, 0.3) is 32.8 Å². The molecule has 3 atom stereocenters. The number of piperazine rings is 1. The highest BCUT2D eigenvalue weighted by Gasteiger charge is 2.33. The van der Waals surface area contributed by atoms with E-state index in [2.05, 4.69) is 34.5 Å². The van der Waals surface area contributed by atoms with Crippen LogP contribution >= 0.6 is 0 Å². The normalized spacial score (nSPS) is 23.6. The molecule has 1 aromatic heterocycles.